The Kier molecular flexibility index (Phi) is 3.63. The molecular weight excluding hydrogens is 180 g/mol. The Balaban J connectivity index is 2.73. The number of carbonyl (C=O) groups excluding carboxylic acids is 2. The molecule has 1 rings (SSSR count). The number of allylic oxidation sites excluding steroid dienone is 1. The molecule has 0 unspecified atom stereocenters. The summed E-state index contributed by atoms with van der Waals surface area (Å²) in [6.45, 7) is 5.61. The molecule has 14 heavy (non-hydrogen) atoms. The number of ketones is 1. The summed E-state index contributed by atoms with van der Waals surface area (Å²) in [6.07, 6.45) is 3.97. The third kappa shape index (κ3) is 2.31. The Bertz CT molecular complexity index is 300. The summed E-state index contributed by atoms with van der Waals surface area (Å²) < 4.78 is 4.77. The van der Waals surface area contributed by atoms with E-state index in [0.717, 1.165) is 12.8 Å². The van der Waals surface area contributed by atoms with Crippen molar-refractivity contribution in [3.05, 3.63) is 23.8 Å². The molecule has 3 nitrogen and oxygen atoms in total. The van der Waals surface area contributed by atoms with Gasteiger partial charge in [-0.1, -0.05) is 12.7 Å². The zero-order valence-corrected chi connectivity index (χ0v) is 8.34. The highest BCUT2D eigenvalue weighted by atomic mass is 16.5. The van der Waals surface area contributed by atoms with E-state index >= 15 is 0 Å². The Labute approximate surface area is 83.4 Å². The smallest absolute Gasteiger partial charge is 0.338 e. The van der Waals surface area contributed by atoms with Crippen LogP contribution in [0.2, 0.25) is 0 Å². The predicted molar refractivity (Wildman–Crippen MR) is 52.7 cm³/mol. The Morgan fingerprint density at radius 1 is 1.64 bits per heavy atom. The van der Waals surface area contributed by atoms with Crippen LogP contribution in [-0.4, -0.2) is 18.4 Å². The fourth-order valence-corrected chi connectivity index (χ4v) is 1.38. The monoisotopic (exact) mass is 194 g/mol. The van der Waals surface area contributed by atoms with Crippen molar-refractivity contribution in [2.24, 2.45) is 0 Å². The maximum Gasteiger partial charge on any atom is 0.338 e. The average molecular weight is 194 g/mol. The molecule has 0 aliphatic heterocycles. The second-order valence-electron chi connectivity index (χ2n) is 3.13. The van der Waals surface area contributed by atoms with Gasteiger partial charge in [-0.15, -0.1) is 0 Å². The van der Waals surface area contributed by atoms with E-state index in [1.165, 1.54) is 0 Å². The minimum atomic E-state index is -0.492. The highest BCUT2D eigenvalue weighted by Crippen LogP contribution is 2.20. The molecule has 1 aliphatic rings. The second kappa shape index (κ2) is 4.74. The third-order valence-corrected chi connectivity index (χ3v) is 2.10. The molecule has 1 aliphatic carbocycles. The van der Waals surface area contributed by atoms with Crippen LogP contribution in [0.15, 0.2) is 23.8 Å². The summed E-state index contributed by atoms with van der Waals surface area (Å²) in [4.78, 5) is 22.7. The largest absolute Gasteiger partial charge is 0.462 e. The van der Waals surface area contributed by atoms with E-state index in [1.54, 1.807) is 13.0 Å². The number of rotatable bonds is 3. The number of esters is 1. The Hall–Kier alpha value is -1.38. The quantitative estimate of drug-likeness (QED) is 0.508. The number of Topliss-reactive ketones (excluding diaryl/α,β-unsaturated/α-hetero) is 1. The van der Waals surface area contributed by atoms with E-state index < -0.39 is 5.97 Å². The topological polar surface area (TPSA) is 43.4 Å². The molecule has 0 fully saturated rings. The molecule has 0 N–H and O–H groups in total. The summed E-state index contributed by atoms with van der Waals surface area (Å²) in [5.41, 5.74) is 0.631. The first kappa shape index (κ1) is 10.7. The molecule has 0 saturated heterocycles. The first-order chi connectivity index (χ1) is 6.66. The normalized spacial score (nSPS) is 16.1. The van der Waals surface area contributed by atoms with E-state index in [1.807, 2.05) is 0 Å². The molecule has 0 bridgehead atoms. The van der Waals surface area contributed by atoms with Crippen LogP contribution in [0.5, 0.6) is 0 Å². The maximum absolute atomic E-state index is 11.4. The molecule has 0 aromatic carbocycles. The zero-order valence-electron chi connectivity index (χ0n) is 8.34. The van der Waals surface area contributed by atoms with Gasteiger partial charge in [0.05, 0.1) is 12.2 Å². The standard InChI is InChI=1S/C11H14O3/c1-3-14-11(13)8(2)9-6-4-5-7-10(9)12/h6H,2-5,7H2,1H3. The van der Waals surface area contributed by atoms with Crippen LogP contribution in [0.3, 0.4) is 0 Å². The second-order valence-corrected chi connectivity index (χ2v) is 3.13. The first-order valence-electron chi connectivity index (χ1n) is 4.76. The molecule has 76 valence electrons. The lowest BCUT2D eigenvalue weighted by Crippen LogP contribution is -2.16. The van der Waals surface area contributed by atoms with Gasteiger partial charge in [0, 0.05) is 12.0 Å². The minimum absolute atomic E-state index is 0.00527. The summed E-state index contributed by atoms with van der Waals surface area (Å²) >= 11 is 0. The lowest BCUT2D eigenvalue weighted by atomic mass is 9.93. The maximum atomic E-state index is 11.4. The third-order valence-electron chi connectivity index (χ3n) is 2.10. The Morgan fingerprint density at radius 3 is 2.93 bits per heavy atom. The van der Waals surface area contributed by atoms with Crippen LogP contribution < -0.4 is 0 Å². The van der Waals surface area contributed by atoms with Crippen LogP contribution in [0, 0.1) is 0 Å². The highest BCUT2D eigenvalue weighted by molar-refractivity contribution is 6.09. The summed E-state index contributed by atoms with van der Waals surface area (Å²) in [5, 5.41) is 0. The fourth-order valence-electron chi connectivity index (χ4n) is 1.38. The lowest BCUT2D eigenvalue weighted by molar-refractivity contribution is -0.138. The zero-order chi connectivity index (χ0) is 10.6. The molecule has 0 saturated carbocycles. The van der Waals surface area contributed by atoms with Crippen LogP contribution in [-0.2, 0) is 14.3 Å². The average Bonchev–Trinajstić information content (AvgIpc) is 2.18. The van der Waals surface area contributed by atoms with Gasteiger partial charge in [-0.05, 0) is 19.8 Å². The van der Waals surface area contributed by atoms with Gasteiger partial charge < -0.3 is 4.74 Å². The van der Waals surface area contributed by atoms with E-state index in [9.17, 15) is 9.59 Å². The van der Waals surface area contributed by atoms with Gasteiger partial charge in [0.25, 0.3) is 0 Å². The van der Waals surface area contributed by atoms with E-state index in [2.05, 4.69) is 6.58 Å². The molecule has 0 aromatic rings. The highest BCUT2D eigenvalue weighted by Gasteiger charge is 2.21. The van der Waals surface area contributed by atoms with E-state index in [4.69, 9.17) is 4.74 Å². The molecule has 0 heterocycles. The van der Waals surface area contributed by atoms with Gasteiger partial charge >= 0.3 is 5.97 Å². The van der Waals surface area contributed by atoms with Gasteiger partial charge in [0.1, 0.15) is 0 Å². The molecule has 0 aromatic heterocycles. The van der Waals surface area contributed by atoms with Crippen molar-refractivity contribution in [3.8, 4) is 0 Å². The van der Waals surface area contributed by atoms with Gasteiger partial charge in [-0.25, -0.2) is 4.79 Å². The number of hydrogen-bond acceptors (Lipinski definition) is 3. The summed E-state index contributed by atoms with van der Waals surface area (Å²) in [6, 6.07) is 0. The SMILES string of the molecule is C=C(C(=O)OCC)C1=CCCCC1=O. The van der Waals surface area contributed by atoms with Crippen LogP contribution >= 0.6 is 0 Å². The summed E-state index contributed by atoms with van der Waals surface area (Å²) in [5.74, 6) is -0.497. The first-order valence-corrected chi connectivity index (χ1v) is 4.76. The van der Waals surface area contributed by atoms with Crippen LogP contribution in [0.4, 0.5) is 0 Å². The molecule has 0 amide bonds. The van der Waals surface area contributed by atoms with Crippen molar-refractivity contribution in [1.82, 2.24) is 0 Å². The number of hydrogen-bond donors (Lipinski definition) is 0. The fraction of sp³-hybridized carbons (Fsp3) is 0.455. The lowest BCUT2D eigenvalue weighted by Gasteiger charge is -2.12. The molecule has 3 heteroatoms. The van der Waals surface area contributed by atoms with E-state index in [-0.39, 0.29) is 11.4 Å². The van der Waals surface area contributed by atoms with Crippen molar-refractivity contribution in [2.45, 2.75) is 26.2 Å². The molecule has 0 atom stereocenters. The molecule has 0 spiro atoms. The summed E-state index contributed by atoms with van der Waals surface area (Å²) in [7, 11) is 0. The van der Waals surface area contributed by atoms with Crippen molar-refractivity contribution in [3.63, 3.8) is 0 Å². The van der Waals surface area contributed by atoms with Gasteiger partial charge in [0.2, 0.25) is 0 Å². The number of ether oxygens (including phenoxy) is 1. The van der Waals surface area contributed by atoms with Crippen LogP contribution in [0.25, 0.3) is 0 Å². The van der Waals surface area contributed by atoms with Crippen LogP contribution in [0.1, 0.15) is 26.2 Å². The number of carbonyl (C=O) groups is 2. The predicted octanol–water partition coefficient (Wildman–Crippen LogP) is 1.79. The van der Waals surface area contributed by atoms with E-state index in [0.29, 0.717) is 18.6 Å². The van der Waals surface area contributed by atoms with Gasteiger partial charge in [0.15, 0.2) is 5.78 Å². The van der Waals surface area contributed by atoms with Crippen molar-refractivity contribution < 1.29 is 14.3 Å². The van der Waals surface area contributed by atoms with Crippen molar-refractivity contribution in [1.29, 1.82) is 0 Å². The molecular formula is C11H14O3. The van der Waals surface area contributed by atoms with Crippen molar-refractivity contribution >= 4 is 11.8 Å². The van der Waals surface area contributed by atoms with Crippen molar-refractivity contribution in [2.75, 3.05) is 6.61 Å². The molecule has 0 radical (unpaired) electrons. The Morgan fingerprint density at radius 2 is 2.36 bits per heavy atom. The van der Waals surface area contributed by atoms with Gasteiger partial charge in [-0.3, -0.25) is 4.79 Å². The minimum Gasteiger partial charge on any atom is -0.462 e. The van der Waals surface area contributed by atoms with Gasteiger partial charge in [-0.2, -0.15) is 0 Å².